The summed E-state index contributed by atoms with van der Waals surface area (Å²) in [6, 6.07) is 13.2. The summed E-state index contributed by atoms with van der Waals surface area (Å²) >= 11 is 1.39. The molecule has 4 aromatic rings. The van der Waals surface area contributed by atoms with Crippen LogP contribution in [0.1, 0.15) is 10.4 Å². The fraction of sp³-hybridized carbons (Fsp3) is 0.0526. The number of nitrogens with one attached hydrogen (secondary N) is 2. The Kier molecular flexibility index (Phi) is 3.39. The van der Waals surface area contributed by atoms with Crippen molar-refractivity contribution in [3.05, 3.63) is 59.6 Å². The molecule has 7 heteroatoms. The van der Waals surface area contributed by atoms with Gasteiger partial charge in [0.25, 0.3) is 5.91 Å². The largest absolute Gasteiger partial charge is 0.454 e. The number of benzene rings is 2. The monoisotopic (exact) mass is 363 g/mol. The molecule has 2 aromatic carbocycles. The summed E-state index contributed by atoms with van der Waals surface area (Å²) in [5.41, 5.74) is 3.40. The number of aromatic amines is 1. The molecule has 6 nitrogen and oxygen atoms in total. The molecule has 0 radical (unpaired) electrons. The minimum Gasteiger partial charge on any atom is -0.454 e. The zero-order valence-electron chi connectivity index (χ0n) is 13.5. The second kappa shape index (κ2) is 5.89. The first-order chi connectivity index (χ1) is 12.8. The van der Waals surface area contributed by atoms with Gasteiger partial charge in [0.1, 0.15) is 0 Å². The van der Waals surface area contributed by atoms with E-state index in [1.807, 2.05) is 35.8 Å². The van der Waals surface area contributed by atoms with E-state index < -0.39 is 0 Å². The van der Waals surface area contributed by atoms with Crippen LogP contribution in [0.3, 0.4) is 0 Å². The molecule has 0 saturated carbocycles. The average Bonchev–Trinajstić information content (AvgIpc) is 3.39. The molecule has 1 amide bonds. The van der Waals surface area contributed by atoms with Crippen LogP contribution in [0, 0.1) is 0 Å². The van der Waals surface area contributed by atoms with Crippen LogP contribution in [0.15, 0.2) is 54.0 Å². The molecule has 0 aliphatic carbocycles. The van der Waals surface area contributed by atoms with E-state index in [-0.39, 0.29) is 12.7 Å². The van der Waals surface area contributed by atoms with Gasteiger partial charge >= 0.3 is 0 Å². The van der Waals surface area contributed by atoms with Gasteiger partial charge in [0, 0.05) is 33.6 Å². The van der Waals surface area contributed by atoms with Gasteiger partial charge in [-0.2, -0.15) is 0 Å². The predicted octanol–water partition coefficient (Wildman–Crippen LogP) is 4.27. The SMILES string of the molecule is O=C(Nc1nc(-c2c[nH]c3ccccc23)cs1)c1ccc2c(c1)OCO2. The van der Waals surface area contributed by atoms with Gasteiger partial charge in [0.2, 0.25) is 6.79 Å². The molecule has 0 spiro atoms. The molecule has 1 aliphatic heterocycles. The molecule has 1 aliphatic rings. The van der Waals surface area contributed by atoms with Gasteiger partial charge in [-0.25, -0.2) is 4.98 Å². The Morgan fingerprint density at radius 2 is 2.04 bits per heavy atom. The van der Waals surface area contributed by atoms with Crippen LogP contribution in [0.2, 0.25) is 0 Å². The van der Waals surface area contributed by atoms with Crippen molar-refractivity contribution >= 4 is 33.3 Å². The maximum absolute atomic E-state index is 12.5. The normalized spacial score (nSPS) is 12.5. The van der Waals surface area contributed by atoms with Crippen LogP contribution < -0.4 is 14.8 Å². The Hall–Kier alpha value is -3.32. The Balaban J connectivity index is 1.39. The van der Waals surface area contributed by atoms with E-state index >= 15 is 0 Å². The van der Waals surface area contributed by atoms with E-state index in [0.717, 1.165) is 22.2 Å². The number of fused-ring (bicyclic) bond motifs is 2. The number of amides is 1. The van der Waals surface area contributed by atoms with Crippen molar-refractivity contribution in [1.29, 1.82) is 0 Å². The van der Waals surface area contributed by atoms with Crippen LogP contribution in [-0.2, 0) is 0 Å². The lowest BCUT2D eigenvalue weighted by molar-refractivity contribution is 0.102. The molecular formula is C19H13N3O3S. The number of hydrogen-bond donors (Lipinski definition) is 2. The first-order valence-electron chi connectivity index (χ1n) is 8.01. The zero-order chi connectivity index (χ0) is 17.5. The second-order valence-electron chi connectivity index (χ2n) is 5.81. The van der Waals surface area contributed by atoms with Crippen LogP contribution in [0.4, 0.5) is 5.13 Å². The molecule has 2 aromatic heterocycles. The summed E-state index contributed by atoms with van der Waals surface area (Å²) in [6.45, 7) is 0.181. The topological polar surface area (TPSA) is 76.2 Å². The number of thiazole rings is 1. The van der Waals surface area contributed by atoms with Crippen molar-refractivity contribution in [3.63, 3.8) is 0 Å². The summed E-state index contributed by atoms with van der Waals surface area (Å²) in [7, 11) is 0. The molecule has 0 saturated heterocycles. The van der Waals surface area contributed by atoms with Crippen LogP contribution in [0.5, 0.6) is 11.5 Å². The van der Waals surface area contributed by atoms with E-state index in [0.29, 0.717) is 22.2 Å². The summed E-state index contributed by atoms with van der Waals surface area (Å²) in [6.07, 6.45) is 1.93. The molecule has 5 rings (SSSR count). The van der Waals surface area contributed by atoms with Crippen LogP contribution in [-0.4, -0.2) is 22.7 Å². The minimum absolute atomic E-state index is 0.181. The highest BCUT2D eigenvalue weighted by atomic mass is 32.1. The number of hydrogen-bond acceptors (Lipinski definition) is 5. The molecule has 3 heterocycles. The molecule has 26 heavy (non-hydrogen) atoms. The summed E-state index contributed by atoms with van der Waals surface area (Å²) in [5.74, 6) is 0.997. The lowest BCUT2D eigenvalue weighted by Crippen LogP contribution is -2.11. The predicted molar refractivity (Wildman–Crippen MR) is 99.9 cm³/mol. The number of carbonyl (C=O) groups excluding carboxylic acids is 1. The van der Waals surface area contributed by atoms with Crippen molar-refractivity contribution in [2.24, 2.45) is 0 Å². The molecule has 0 unspecified atom stereocenters. The van der Waals surface area contributed by atoms with Crippen LogP contribution in [0.25, 0.3) is 22.2 Å². The standard InChI is InChI=1S/C19H13N3O3S/c23-18(11-5-6-16-17(7-11)25-10-24-16)22-19-21-15(9-26-19)13-8-20-14-4-2-1-3-12(13)14/h1-9,20H,10H2,(H,21,22,23). The van der Waals surface area contributed by atoms with Crippen molar-refractivity contribution in [3.8, 4) is 22.8 Å². The van der Waals surface area contributed by atoms with E-state index in [2.05, 4.69) is 15.3 Å². The first-order valence-corrected chi connectivity index (χ1v) is 8.89. The minimum atomic E-state index is -0.233. The van der Waals surface area contributed by atoms with E-state index in [1.54, 1.807) is 18.2 Å². The number of rotatable bonds is 3. The Morgan fingerprint density at radius 1 is 1.15 bits per heavy atom. The number of anilines is 1. The summed E-state index contributed by atoms with van der Waals surface area (Å²) in [4.78, 5) is 20.3. The maximum Gasteiger partial charge on any atom is 0.257 e. The van der Waals surface area contributed by atoms with Gasteiger partial charge in [0.05, 0.1) is 5.69 Å². The Bertz CT molecular complexity index is 1130. The van der Waals surface area contributed by atoms with Crippen LogP contribution >= 0.6 is 11.3 Å². The number of ether oxygens (including phenoxy) is 2. The van der Waals surface area contributed by atoms with Gasteiger partial charge in [-0.15, -0.1) is 11.3 Å². The number of H-pyrrole nitrogens is 1. The maximum atomic E-state index is 12.5. The van der Waals surface area contributed by atoms with E-state index in [1.165, 1.54) is 11.3 Å². The summed E-state index contributed by atoms with van der Waals surface area (Å²) < 4.78 is 10.6. The smallest absolute Gasteiger partial charge is 0.257 e. The van der Waals surface area contributed by atoms with Crippen molar-refractivity contribution in [2.45, 2.75) is 0 Å². The highest BCUT2D eigenvalue weighted by Crippen LogP contribution is 2.33. The third-order valence-corrected chi connectivity index (χ3v) is 4.98. The highest BCUT2D eigenvalue weighted by Gasteiger charge is 2.17. The molecular weight excluding hydrogens is 350 g/mol. The van der Waals surface area contributed by atoms with Gasteiger partial charge in [0.15, 0.2) is 16.6 Å². The second-order valence-corrected chi connectivity index (χ2v) is 6.67. The van der Waals surface area contributed by atoms with Crippen molar-refractivity contribution < 1.29 is 14.3 Å². The van der Waals surface area contributed by atoms with Crippen molar-refractivity contribution in [1.82, 2.24) is 9.97 Å². The lowest BCUT2D eigenvalue weighted by atomic mass is 10.1. The van der Waals surface area contributed by atoms with Gasteiger partial charge in [-0.1, -0.05) is 18.2 Å². The number of aromatic nitrogens is 2. The average molecular weight is 363 g/mol. The fourth-order valence-corrected chi connectivity index (χ4v) is 3.65. The first kappa shape index (κ1) is 15.0. The molecule has 128 valence electrons. The fourth-order valence-electron chi connectivity index (χ4n) is 2.95. The Labute approximate surface area is 152 Å². The third-order valence-electron chi connectivity index (χ3n) is 4.22. The Morgan fingerprint density at radius 3 is 3.00 bits per heavy atom. The van der Waals surface area contributed by atoms with E-state index in [4.69, 9.17) is 9.47 Å². The van der Waals surface area contributed by atoms with E-state index in [9.17, 15) is 4.79 Å². The van der Waals surface area contributed by atoms with Gasteiger partial charge < -0.3 is 14.5 Å². The molecule has 0 fully saturated rings. The number of nitrogens with zero attached hydrogens (tertiary/aromatic N) is 1. The third kappa shape index (κ3) is 2.49. The van der Waals surface area contributed by atoms with Gasteiger partial charge in [-0.3, -0.25) is 10.1 Å². The van der Waals surface area contributed by atoms with Gasteiger partial charge in [-0.05, 0) is 24.3 Å². The molecule has 2 N–H and O–H groups in total. The summed E-state index contributed by atoms with van der Waals surface area (Å²) in [5, 5.41) is 6.43. The number of carbonyl (C=O) groups is 1. The molecule has 0 atom stereocenters. The zero-order valence-corrected chi connectivity index (χ0v) is 14.3. The quantitative estimate of drug-likeness (QED) is 0.570. The van der Waals surface area contributed by atoms with Crippen molar-refractivity contribution in [2.75, 3.05) is 12.1 Å². The lowest BCUT2D eigenvalue weighted by Gasteiger charge is -2.03. The molecule has 0 bridgehead atoms. The number of para-hydroxylation sites is 1. The highest BCUT2D eigenvalue weighted by molar-refractivity contribution is 7.14.